The van der Waals surface area contributed by atoms with Crippen molar-refractivity contribution >= 4 is 15.9 Å². The van der Waals surface area contributed by atoms with Crippen molar-refractivity contribution in [3.63, 3.8) is 0 Å². The molecule has 0 atom stereocenters. The molecule has 2 rings (SSSR count). The van der Waals surface area contributed by atoms with Gasteiger partial charge in [0.05, 0.1) is 29.3 Å². The average molecular weight is 360 g/mol. The Hall–Kier alpha value is -1.99. The van der Waals surface area contributed by atoms with E-state index < -0.39 is 0 Å². The van der Waals surface area contributed by atoms with Crippen molar-refractivity contribution in [1.82, 2.24) is 0 Å². The molecule has 0 bridgehead atoms. The normalized spacial score (nSPS) is 10.0. The Morgan fingerprint density at radius 3 is 2.59 bits per heavy atom. The summed E-state index contributed by atoms with van der Waals surface area (Å²) >= 11 is 3.45. The van der Waals surface area contributed by atoms with E-state index in [1.54, 1.807) is 12.1 Å². The molecule has 22 heavy (non-hydrogen) atoms. The highest BCUT2D eigenvalue weighted by Gasteiger charge is 2.12. The monoisotopic (exact) mass is 359 g/mol. The van der Waals surface area contributed by atoms with Gasteiger partial charge in [-0.1, -0.05) is 30.3 Å². The predicted octanol–water partition coefficient (Wildman–Crippen LogP) is 4.73. The number of aryl methyl sites for hydroxylation is 1. The number of benzene rings is 2. The van der Waals surface area contributed by atoms with Crippen LogP contribution in [0.2, 0.25) is 0 Å². The maximum Gasteiger partial charge on any atom is 0.175 e. The quantitative estimate of drug-likeness (QED) is 0.671. The van der Waals surface area contributed by atoms with E-state index in [-0.39, 0.29) is 0 Å². The lowest BCUT2D eigenvalue weighted by Crippen LogP contribution is -2.03. The zero-order valence-corrected chi connectivity index (χ0v) is 14.1. The minimum Gasteiger partial charge on any atom is -0.490 e. The van der Waals surface area contributed by atoms with E-state index in [1.807, 2.05) is 25.1 Å². The van der Waals surface area contributed by atoms with Gasteiger partial charge in [0.2, 0.25) is 0 Å². The van der Waals surface area contributed by atoms with Gasteiger partial charge in [-0.2, -0.15) is 5.26 Å². The van der Waals surface area contributed by atoms with Crippen molar-refractivity contribution in [2.45, 2.75) is 19.8 Å². The third kappa shape index (κ3) is 4.51. The van der Waals surface area contributed by atoms with E-state index in [4.69, 9.17) is 14.7 Å². The first-order valence-electron chi connectivity index (χ1n) is 7.27. The smallest absolute Gasteiger partial charge is 0.175 e. The number of ether oxygens (including phenoxy) is 2. The molecule has 2 aromatic rings. The van der Waals surface area contributed by atoms with Crippen LogP contribution in [0.25, 0.3) is 0 Å². The van der Waals surface area contributed by atoms with E-state index in [1.165, 1.54) is 5.56 Å². The number of halogens is 1. The summed E-state index contributed by atoms with van der Waals surface area (Å²) in [5, 5.41) is 9.02. The van der Waals surface area contributed by atoms with Crippen LogP contribution < -0.4 is 9.47 Å². The Morgan fingerprint density at radius 1 is 1.14 bits per heavy atom. The highest BCUT2D eigenvalue weighted by molar-refractivity contribution is 9.10. The molecule has 0 N–H and O–H groups in total. The van der Waals surface area contributed by atoms with Gasteiger partial charge in [-0.05, 0) is 47.3 Å². The Morgan fingerprint density at radius 2 is 1.91 bits per heavy atom. The van der Waals surface area contributed by atoms with Crippen LogP contribution in [0.1, 0.15) is 24.5 Å². The summed E-state index contributed by atoms with van der Waals surface area (Å²) in [5.74, 6) is 1.27. The van der Waals surface area contributed by atoms with Gasteiger partial charge in [0.1, 0.15) is 0 Å². The Balaban J connectivity index is 1.98. The second-order valence-electron chi connectivity index (χ2n) is 4.77. The third-order valence-corrected chi connectivity index (χ3v) is 3.73. The van der Waals surface area contributed by atoms with E-state index in [0.717, 1.165) is 17.3 Å². The van der Waals surface area contributed by atoms with E-state index in [0.29, 0.717) is 30.3 Å². The minimum atomic E-state index is 0.529. The molecule has 0 radical (unpaired) electrons. The van der Waals surface area contributed by atoms with Crippen LogP contribution in [0, 0.1) is 11.3 Å². The van der Waals surface area contributed by atoms with Gasteiger partial charge in [0, 0.05) is 6.07 Å². The number of nitriles is 1. The first-order chi connectivity index (χ1) is 10.7. The molecule has 0 fully saturated rings. The minimum absolute atomic E-state index is 0.529. The molecule has 2 aromatic carbocycles. The molecule has 0 aliphatic heterocycles. The fourth-order valence-corrected chi connectivity index (χ4v) is 2.69. The molecule has 0 amide bonds. The Labute approximate surface area is 139 Å². The Kier molecular flexibility index (Phi) is 6.29. The fraction of sp³-hybridized carbons (Fsp3) is 0.278. The number of hydrogen-bond donors (Lipinski definition) is 0. The highest BCUT2D eigenvalue weighted by Crippen LogP contribution is 2.36. The maximum atomic E-state index is 9.02. The van der Waals surface area contributed by atoms with Crippen molar-refractivity contribution in [1.29, 1.82) is 5.26 Å². The summed E-state index contributed by atoms with van der Waals surface area (Å²) in [5.41, 5.74) is 1.85. The van der Waals surface area contributed by atoms with Crippen LogP contribution in [-0.4, -0.2) is 13.2 Å². The van der Waals surface area contributed by atoms with Crippen molar-refractivity contribution in [2.24, 2.45) is 0 Å². The molecule has 114 valence electrons. The van der Waals surface area contributed by atoms with Gasteiger partial charge < -0.3 is 9.47 Å². The lowest BCUT2D eigenvalue weighted by molar-refractivity contribution is 0.272. The highest BCUT2D eigenvalue weighted by atomic mass is 79.9. The van der Waals surface area contributed by atoms with Gasteiger partial charge in [-0.3, -0.25) is 0 Å². The Bertz CT molecular complexity index is 650. The van der Waals surface area contributed by atoms with Crippen molar-refractivity contribution in [2.75, 3.05) is 13.2 Å². The molecular formula is C18H18BrNO2. The van der Waals surface area contributed by atoms with Gasteiger partial charge in [-0.25, -0.2) is 0 Å². The molecule has 0 aromatic heterocycles. The fourth-order valence-electron chi connectivity index (χ4n) is 2.13. The lowest BCUT2D eigenvalue weighted by Gasteiger charge is -2.14. The average Bonchev–Trinajstić information content (AvgIpc) is 2.54. The van der Waals surface area contributed by atoms with Gasteiger partial charge in [0.25, 0.3) is 0 Å². The van der Waals surface area contributed by atoms with Gasteiger partial charge >= 0.3 is 0 Å². The third-order valence-electron chi connectivity index (χ3n) is 3.14. The predicted molar refractivity (Wildman–Crippen MR) is 90.3 cm³/mol. The molecule has 0 heterocycles. The van der Waals surface area contributed by atoms with Crippen molar-refractivity contribution in [3.05, 3.63) is 58.1 Å². The maximum absolute atomic E-state index is 9.02. The second-order valence-corrected chi connectivity index (χ2v) is 5.62. The standard InChI is InChI=1S/C18H18BrNO2/c1-2-21-17-12-15(13-20)11-16(19)18(17)22-10-6-9-14-7-4-3-5-8-14/h3-5,7-8,11-12H,2,6,9-10H2,1H3. The molecule has 0 aliphatic rings. The largest absolute Gasteiger partial charge is 0.490 e. The van der Waals surface area contributed by atoms with Crippen LogP contribution in [-0.2, 0) is 6.42 Å². The summed E-state index contributed by atoms with van der Waals surface area (Å²) in [6.07, 6.45) is 1.89. The zero-order chi connectivity index (χ0) is 15.8. The van der Waals surface area contributed by atoms with Crippen molar-refractivity contribution in [3.8, 4) is 17.6 Å². The van der Waals surface area contributed by atoms with E-state index >= 15 is 0 Å². The van der Waals surface area contributed by atoms with Crippen LogP contribution in [0.5, 0.6) is 11.5 Å². The van der Waals surface area contributed by atoms with E-state index in [2.05, 4.69) is 34.1 Å². The number of hydrogen-bond acceptors (Lipinski definition) is 3. The molecule has 0 unspecified atom stereocenters. The first-order valence-corrected chi connectivity index (χ1v) is 8.07. The summed E-state index contributed by atoms with van der Waals surface area (Å²) in [7, 11) is 0. The molecular weight excluding hydrogens is 342 g/mol. The van der Waals surface area contributed by atoms with E-state index in [9.17, 15) is 0 Å². The van der Waals surface area contributed by atoms with Gasteiger partial charge in [-0.15, -0.1) is 0 Å². The zero-order valence-electron chi connectivity index (χ0n) is 12.5. The number of nitrogens with zero attached hydrogens (tertiary/aromatic N) is 1. The molecule has 0 aliphatic carbocycles. The molecule has 4 heteroatoms. The summed E-state index contributed by atoms with van der Waals surface area (Å²) < 4.78 is 12.2. The first kappa shape index (κ1) is 16.4. The summed E-state index contributed by atoms with van der Waals surface area (Å²) in [6.45, 7) is 3.04. The SMILES string of the molecule is CCOc1cc(C#N)cc(Br)c1OCCCc1ccccc1. The van der Waals surface area contributed by atoms with Crippen LogP contribution in [0.15, 0.2) is 46.9 Å². The topological polar surface area (TPSA) is 42.2 Å². The molecule has 0 saturated heterocycles. The number of rotatable bonds is 7. The molecule has 0 spiro atoms. The van der Waals surface area contributed by atoms with Crippen LogP contribution >= 0.6 is 15.9 Å². The summed E-state index contributed by atoms with van der Waals surface area (Å²) in [4.78, 5) is 0. The lowest BCUT2D eigenvalue weighted by atomic mass is 10.1. The summed E-state index contributed by atoms with van der Waals surface area (Å²) in [6, 6.07) is 15.9. The van der Waals surface area contributed by atoms with Crippen LogP contribution in [0.4, 0.5) is 0 Å². The molecule has 3 nitrogen and oxygen atoms in total. The van der Waals surface area contributed by atoms with Gasteiger partial charge in [0.15, 0.2) is 11.5 Å². The van der Waals surface area contributed by atoms with Crippen molar-refractivity contribution < 1.29 is 9.47 Å². The molecule has 0 saturated carbocycles. The van der Waals surface area contributed by atoms with Crippen LogP contribution in [0.3, 0.4) is 0 Å². The second kappa shape index (κ2) is 8.45.